The molecule has 0 radical (unpaired) electrons. The van der Waals surface area contributed by atoms with Crippen molar-refractivity contribution < 1.29 is 9.53 Å². The number of nitrogens with one attached hydrogen (secondary N) is 2. The Bertz CT molecular complexity index is 567. The van der Waals surface area contributed by atoms with Gasteiger partial charge in [0.2, 0.25) is 0 Å². The normalized spacial score (nSPS) is 16.0. The number of amidine groups is 1. The Balaban J connectivity index is 1.73. The Morgan fingerprint density at radius 3 is 2.48 bits per heavy atom. The van der Waals surface area contributed by atoms with Crippen LogP contribution in [0.1, 0.15) is 51.0 Å². The van der Waals surface area contributed by atoms with Crippen LogP contribution < -0.4 is 10.1 Å². The molecule has 1 saturated heterocycles. The second-order valence-electron chi connectivity index (χ2n) is 5.58. The Morgan fingerprint density at radius 1 is 1.13 bits per heavy atom. The van der Waals surface area contributed by atoms with E-state index in [1.54, 1.807) is 6.08 Å². The fourth-order valence-electron chi connectivity index (χ4n) is 2.33. The highest BCUT2D eigenvalue weighted by atomic mass is 32.2. The van der Waals surface area contributed by atoms with E-state index in [0.717, 1.165) is 36.1 Å². The molecular weight excluding hydrogens is 308 g/mol. The van der Waals surface area contributed by atoms with Crippen LogP contribution in [0, 0.1) is 5.41 Å². The Morgan fingerprint density at radius 2 is 1.83 bits per heavy atom. The second kappa shape index (κ2) is 9.40. The van der Waals surface area contributed by atoms with E-state index >= 15 is 0 Å². The Kier molecular flexibility index (Phi) is 7.20. The highest BCUT2D eigenvalue weighted by Crippen LogP contribution is 2.25. The lowest BCUT2D eigenvalue weighted by molar-refractivity contribution is -0.115. The van der Waals surface area contributed by atoms with E-state index in [-0.39, 0.29) is 11.1 Å². The number of rotatable bonds is 9. The molecule has 1 amide bonds. The molecule has 1 fully saturated rings. The maximum absolute atomic E-state index is 11.6. The second-order valence-corrected chi connectivity index (χ2v) is 6.63. The van der Waals surface area contributed by atoms with Gasteiger partial charge in [-0.3, -0.25) is 10.2 Å². The van der Waals surface area contributed by atoms with E-state index in [1.165, 1.54) is 32.1 Å². The van der Waals surface area contributed by atoms with Crippen LogP contribution in [0.15, 0.2) is 29.2 Å². The van der Waals surface area contributed by atoms with E-state index in [9.17, 15) is 4.79 Å². The van der Waals surface area contributed by atoms with Gasteiger partial charge < -0.3 is 10.1 Å². The van der Waals surface area contributed by atoms with Gasteiger partial charge in [-0.15, -0.1) is 0 Å². The predicted molar refractivity (Wildman–Crippen MR) is 96.8 cm³/mol. The summed E-state index contributed by atoms with van der Waals surface area (Å²) in [6.07, 6.45) is 9.32. The summed E-state index contributed by atoms with van der Waals surface area (Å²) in [5.74, 6) is 0.653. The largest absolute Gasteiger partial charge is 0.494 e. The molecule has 0 saturated carbocycles. The number of benzene rings is 1. The average Bonchev–Trinajstić information content (AvgIpc) is 2.85. The zero-order valence-corrected chi connectivity index (χ0v) is 14.4. The van der Waals surface area contributed by atoms with E-state index in [2.05, 4.69) is 12.2 Å². The highest BCUT2D eigenvalue weighted by Gasteiger charge is 2.21. The first-order valence-electron chi connectivity index (χ1n) is 8.21. The SMILES string of the molecule is CCCCCCCCOc1ccc(C=C2SC(=N)NC2=O)cc1. The molecule has 0 aliphatic carbocycles. The topological polar surface area (TPSA) is 62.2 Å². The molecule has 0 atom stereocenters. The van der Waals surface area contributed by atoms with E-state index < -0.39 is 0 Å². The standard InChI is InChI=1S/C18H24N2O2S/c1-2-3-4-5-6-7-12-22-15-10-8-14(9-11-15)13-16-17(21)20-18(19)23-16/h8-11,13H,2-7,12H2,1H3,(H2,19,20,21). The van der Waals surface area contributed by atoms with Crippen molar-refractivity contribution in [1.29, 1.82) is 5.41 Å². The third kappa shape index (κ3) is 6.10. The molecule has 1 heterocycles. The van der Waals surface area contributed by atoms with Crippen LogP contribution in [0.4, 0.5) is 0 Å². The zero-order valence-electron chi connectivity index (χ0n) is 13.6. The van der Waals surface area contributed by atoms with Crippen molar-refractivity contribution in [2.45, 2.75) is 45.4 Å². The predicted octanol–water partition coefficient (Wildman–Crippen LogP) is 4.56. The van der Waals surface area contributed by atoms with Crippen molar-refractivity contribution in [3.05, 3.63) is 34.7 Å². The van der Waals surface area contributed by atoms with Gasteiger partial charge in [0.15, 0.2) is 5.17 Å². The number of hydrogen-bond donors (Lipinski definition) is 2. The number of unbranched alkanes of at least 4 members (excludes halogenated alkanes) is 5. The number of ether oxygens (including phenoxy) is 1. The average molecular weight is 332 g/mol. The quantitative estimate of drug-likeness (QED) is 0.514. The lowest BCUT2D eigenvalue weighted by atomic mass is 10.1. The molecule has 2 rings (SSSR count). The third-order valence-corrected chi connectivity index (χ3v) is 4.44. The van der Waals surface area contributed by atoms with Crippen LogP contribution >= 0.6 is 11.8 Å². The van der Waals surface area contributed by atoms with Crippen LogP contribution in [0.25, 0.3) is 6.08 Å². The summed E-state index contributed by atoms with van der Waals surface area (Å²) in [5.41, 5.74) is 0.935. The van der Waals surface area contributed by atoms with Crippen LogP contribution in [0.5, 0.6) is 5.75 Å². The summed E-state index contributed by atoms with van der Waals surface area (Å²) < 4.78 is 5.74. The molecule has 124 valence electrons. The minimum Gasteiger partial charge on any atom is -0.494 e. The molecule has 0 bridgehead atoms. The van der Waals surface area contributed by atoms with Crippen molar-refractivity contribution in [2.75, 3.05) is 6.61 Å². The number of thioether (sulfide) groups is 1. The number of amides is 1. The maximum Gasteiger partial charge on any atom is 0.264 e. The molecule has 1 aromatic rings. The van der Waals surface area contributed by atoms with Gasteiger partial charge in [0.1, 0.15) is 5.75 Å². The lowest BCUT2D eigenvalue weighted by Gasteiger charge is -2.06. The van der Waals surface area contributed by atoms with Gasteiger partial charge in [-0.05, 0) is 42.0 Å². The minimum absolute atomic E-state index is 0.181. The molecule has 5 heteroatoms. The monoisotopic (exact) mass is 332 g/mol. The molecule has 4 nitrogen and oxygen atoms in total. The highest BCUT2D eigenvalue weighted by molar-refractivity contribution is 8.18. The number of hydrogen-bond acceptors (Lipinski definition) is 4. The fraction of sp³-hybridized carbons (Fsp3) is 0.444. The lowest BCUT2D eigenvalue weighted by Crippen LogP contribution is -2.18. The Labute approximate surface area is 142 Å². The van der Waals surface area contributed by atoms with Gasteiger partial charge >= 0.3 is 0 Å². The molecule has 2 N–H and O–H groups in total. The molecule has 0 unspecified atom stereocenters. The Hall–Kier alpha value is -1.75. The van der Waals surface area contributed by atoms with Crippen molar-refractivity contribution >= 4 is 28.9 Å². The van der Waals surface area contributed by atoms with Crippen LogP contribution in [0.2, 0.25) is 0 Å². The summed E-state index contributed by atoms with van der Waals surface area (Å²) in [5, 5.41) is 10.1. The summed E-state index contributed by atoms with van der Waals surface area (Å²) in [7, 11) is 0. The fourth-order valence-corrected chi connectivity index (χ4v) is 3.03. The van der Waals surface area contributed by atoms with Crippen molar-refractivity contribution in [2.24, 2.45) is 0 Å². The smallest absolute Gasteiger partial charge is 0.264 e. The molecule has 1 aromatic carbocycles. The van der Waals surface area contributed by atoms with E-state index in [0.29, 0.717) is 4.91 Å². The summed E-state index contributed by atoms with van der Waals surface area (Å²) in [6.45, 7) is 2.98. The van der Waals surface area contributed by atoms with Gasteiger partial charge in [0.25, 0.3) is 5.91 Å². The first-order chi connectivity index (χ1) is 11.2. The van der Waals surface area contributed by atoms with Crippen LogP contribution in [-0.4, -0.2) is 17.7 Å². The van der Waals surface area contributed by atoms with Gasteiger partial charge in [-0.25, -0.2) is 0 Å². The number of carbonyl (C=O) groups excluding carboxylic acids is 1. The van der Waals surface area contributed by atoms with Crippen molar-refractivity contribution in [3.8, 4) is 5.75 Å². The number of carbonyl (C=O) groups is 1. The first kappa shape index (κ1) is 17.6. The van der Waals surface area contributed by atoms with Gasteiger partial charge in [0, 0.05) is 0 Å². The van der Waals surface area contributed by atoms with E-state index in [1.807, 2.05) is 24.3 Å². The molecule has 23 heavy (non-hydrogen) atoms. The summed E-state index contributed by atoms with van der Waals surface area (Å²) in [6, 6.07) is 7.71. The summed E-state index contributed by atoms with van der Waals surface area (Å²) >= 11 is 1.15. The molecule has 0 spiro atoms. The van der Waals surface area contributed by atoms with Gasteiger partial charge in [-0.1, -0.05) is 51.2 Å². The van der Waals surface area contributed by atoms with Crippen molar-refractivity contribution in [1.82, 2.24) is 5.32 Å². The van der Waals surface area contributed by atoms with Gasteiger partial charge in [-0.2, -0.15) is 0 Å². The third-order valence-electron chi connectivity index (χ3n) is 3.61. The van der Waals surface area contributed by atoms with Crippen LogP contribution in [0.3, 0.4) is 0 Å². The van der Waals surface area contributed by atoms with Crippen LogP contribution in [-0.2, 0) is 4.79 Å². The molecular formula is C18H24N2O2S. The van der Waals surface area contributed by atoms with E-state index in [4.69, 9.17) is 10.1 Å². The molecule has 1 aliphatic heterocycles. The van der Waals surface area contributed by atoms with Crippen molar-refractivity contribution in [3.63, 3.8) is 0 Å². The zero-order chi connectivity index (χ0) is 16.5. The molecule has 1 aliphatic rings. The maximum atomic E-state index is 11.6. The van der Waals surface area contributed by atoms with Gasteiger partial charge in [0.05, 0.1) is 11.5 Å². The summed E-state index contributed by atoms with van der Waals surface area (Å²) in [4.78, 5) is 12.1. The minimum atomic E-state index is -0.205. The first-order valence-corrected chi connectivity index (χ1v) is 9.03. The molecule has 0 aromatic heterocycles.